The molecule has 1 aliphatic rings. The Morgan fingerprint density at radius 1 is 1.19 bits per heavy atom. The molecule has 0 atom stereocenters. The van der Waals surface area contributed by atoms with E-state index in [4.69, 9.17) is 5.11 Å². The van der Waals surface area contributed by atoms with Crippen molar-refractivity contribution in [1.82, 2.24) is 9.21 Å². The Morgan fingerprint density at radius 3 is 2.19 bits per heavy atom. The smallest absolute Gasteiger partial charge is 0.243 e. The summed E-state index contributed by atoms with van der Waals surface area (Å²) < 4.78 is 27.3. The van der Waals surface area contributed by atoms with E-state index in [0.29, 0.717) is 43.9 Å². The molecular formula is C20H32N2O4S. The van der Waals surface area contributed by atoms with Gasteiger partial charge in [-0.15, -0.1) is 0 Å². The number of hydrogen-bond acceptors (Lipinski definition) is 4. The Balaban J connectivity index is 2.05. The maximum atomic E-state index is 12.9. The summed E-state index contributed by atoms with van der Waals surface area (Å²) in [4.78, 5) is 14.5. The Kier molecular flexibility index (Phi) is 7.05. The largest absolute Gasteiger partial charge is 0.395 e. The summed E-state index contributed by atoms with van der Waals surface area (Å²) in [5.41, 5.74) is 1.06. The van der Waals surface area contributed by atoms with E-state index in [0.717, 1.165) is 5.56 Å². The number of rotatable bonds is 6. The Labute approximate surface area is 163 Å². The number of sulfonamides is 1. The number of benzene rings is 1. The third-order valence-corrected chi connectivity index (χ3v) is 7.14. The summed E-state index contributed by atoms with van der Waals surface area (Å²) in [7, 11) is -3.54. The van der Waals surface area contributed by atoms with Gasteiger partial charge >= 0.3 is 0 Å². The number of piperidine rings is 1. The fourth-order valence-corrected chi connectivity index (χ4v) is 4.89. The zero-order valence-corrected chi connectivity index (χ0v) is 17.6. The van der Waals surface area contributed by atoms with Crippen LogP contribution >= 0.6 is 0 Å². The van der Waals surface area contributed by atoms with Crippen LogP contribution in [0.5, 0.6) is 0 Å². The zero-order valence-electron chi connectivity index (χ0n) is 16.8. The summed E-state index contributed by atoms with van der Waals surface area (Å²) in [5.74, 6) is -0.163. The molecule has 1 fully saturated rings. The summed E-state index contributed by atoms with van der Waals surface area (Å²) in [6.45, 7) is 9.67. The lowest BCUT2D eigenvalue weighted by molar-refractivity contribution is -0.137. The molecule has 0 bridgehead atoms. The highest BCUT2D eigenvalue weighted by atomic mass is 32.2. The minimum absolute atomic E-state index is 0.0122. The van der Waals surface area contributed by atoms with Crippen LogP contribution in [0.1, 0.15) is 46.1 Å². The lowest BCUT2D eigenvalue weighted by Crippen LogP contribution is -2.45. The van der Waals surface area contributed by atoms with Gasteiger partial charge in [-0.1, -0.05) is 32.9 Å². The fourth-order valence-electron chi connectivity index (χ4n) is 3.42. The van der Waals surface area contributed by atoms with Crippen LogP contribution in [-0.4, -0.2) is 61.4 Å². The topological polar surface area (TPSA) is 77.9 Å². The first kappa shape index (κ1) is 21.9. The second kappa shape index (κ2) is 8.71. The number of likely N-dealkylation sites (N-methyl/N-ethyl adjacent to an activating group) is 1. The molecule has 0 spiro atoms. The van der Waals surface area contributed by atoms with Gasteiger partial charge in [0.15, 0.2) is 0 Å². The van der Waals surface area contributed by atoms with Crippen LogP contribution in [0.25, 0.3) is 0 Å². The molecule has 0 aromatic heterocycles. The van der Waals surface area contributed by atoms with Crippen LogP contribution < -0.4 is 0 Å². The minimum Gasteiger partial charge on any atom is -0.395 e. The SMILES string of the molecule is CCN(CCO)C(=O)C1CCN(S(=O)(=O)c2ccc(C(C)(C)C)cc2)CC1. The van der Waals surface area contributed by atoms with Crippen molar-refractivity contribution in [2.24, 2.45) is 5.92 Å². The van der Waals surface area contributed by atoms with Crippen LogP contribution in [-0.2, 0) is 20.2 Å². The summed E-state index contributed by atoms with van der Waals surface area (Å²) >= 11 is 0. The molecule has 1 N–H and O–H groups in total. The van der Waals surface area contributed by atoms with Crippen molar-refractivity contribution in [3.8, 4) is 0 Å². The van der Waals surface area contributed by atoms with Gasteiger partial charge in [0.2, 0.25) is 15.9 Å². The van der Waals surface area contributed by atoms with E-state index in [2.05, 4.69) is 20.8 Å². The maximum Gasteiger partial charge on any atom is 0.243 e. The van der Waals surface area contributed by atoms with Gasteiger partial charge in [-0.2, -0.15) is 4.31 Å². The third kappa shape index (κ3) is 5.09. The molecule has 7 heteroatoms. The molecule has 1 saturated heterocycles. The van der Waals surface area contributed by atoms with Crippen LogP contribution in [0.3, 0.4) is 0 Å². The average Bonchev–Trinajstić information content (AvgIpc) is 2.65. The van der Waals surface area contributed by atoms with Crippen molar-refractivity contribution < 1.29 is 18.3 Å². The Morgan fingerprint density at radius 2 is 1.74 bits per heavy atom. The monoisotopic (exact) mass is 396 g/mol. The quantitative estimate of drug-likeness (QED) is 0.800. The number of nitrogens with zero attached hydrogens (tertiary/aromatic N) is 2. The Hall–Kier alpha value is -1.44. The highest BCUT2D eigenvalue weighted by molar-refractivity contribution is 7.89. The highest BCUT2D eigenvalue weighted by Gasteiger charge is 2.33. The van der Waals surface area contributed by atoms with Crippen molar-refractivity contribution in [3.63, 3.8) is 0 Å². The van der Waals surface area contributed by atoms with Gasteiger partial charge in [-0.05, 0) is 42.9 Å². The number of aliphatic hydroxyl groups excluding tert-OH is 1. The van der Waals surface area contributed by atoms with Crippen LogP contribution in [0.15, 0.2) is 29.2 Å². The molecule has 1 amide bonds. The van der Waals surface area contributed by atoms with Gasteiger partial charge in [-0.3, -0.25) is 4.79 Å². The van der Waals surface area contributed by atoms with Gasteiger partial charge in [0.05, 0.1) is 11.5 Å². The second-order valence-electron chi connectivity index (χ2n) is 8.09. The number of aliphatic hydroxyl groups is 1. The number of hydrogen-bond donors (Lipinski definition) is 1. The van der Waals surface area contributed by atoms with Gasteiger partial charge in [-0.25, -0.2) is 8.42 Å². The molecule has 27 heavy (non-hydrogen) atoms. The van der Waals surface area contributed by atoms with Crippen LogP contribution in [0.2, 0.25) is 0 Å². The standard InChI is InChI=1S/C20H32N2O4S/c1-5-21(14-15-23)19(24)16-10-12-22(13-11-16)27(25,26)18-8-6-17(7-9-18)20(2,3)4/h6-9,16,23H,5,10-15H2,1-4H3. The molecule has 6 nitrogen and oxygen atoms in total. The molecule has 1 aromatic carbocycles. The van der Waals surface area contributed by atoms with Gasteiger partial charge in [0.1, 0.15) is 0 Å². The first-order valence-corrected chi connectivity index (χ1v) is 11.1. The summed E-state index contributed by atoms with van der Waals surface area (Å²) in [5, 5.41) is 9.08. The minimum atomic E-state index is -3.54. The lowest BCUT2D eigenvalue weighted by atomic mass is 9.87. The third-order valence-electron chi connectivity index (χ3n) is 5.22. The Bertz CT molecular complexity index is 730. The first-order chi connectivity index (χ1) is 12.6. The molecule has 152 valence electrons. The van der Waals surface area contributed by atoms with Gasteiger partial charge < -0.3 is 10.0 Å². The van der Waals surface area contributed by atoms with Crippen molar-refractivity contribution in [2.45, 2.75) is 50.8 Å². The molecule has 0 saturated carbocycles. The predicted octanol–water partition coefficient (Wildman–Crippen LogP) is 2.23. The predicted molar refractivity (Wildman–Crippen MR) is 106 cm³/mol. The van der Waals surface area contributed by atoms with E-state index in [1.165, 1.54) is 4.31 Å². The van der Waals surface area contributed by atoms with E-state index in [1.807, 2.05) is 19.1 Å². The highest BCUT2D eigenvalue weighted by Crippen LogP contribution is 2.27. The number of amides is 1. The zero-order chi connectivity index (χ0) is 20.2. The van der Waals surface area contributed by atoms with Crippen LogP contribution in [0.4, 0.5) is 0 Å². The fraction of sp³-hybridized carbons (Fsp3) is 0.650. The van der Waals surface area contributed by atoms with E-state index in [-0.39, 0.29) is 23.8 Å². The van der Waals surface area contributed by atoms with Crippen molar-refractivity contribution in [1.29, 1.82) is 0 Å². The molecule has 1 aromatic rings. The number of carbonyl (C=O) groups excluding carboxylic acids is 1. The second-order valence-corrected chi connectivity index (χ2v) is 10.0. The van der Waals surface area contributed by atoms with Crippen molar-refractivity contribution in [3.05, 3.63) is 29.8 Å². The molecule has 0 aliphatic carbocycles. The molecule has 1 aliphatic heterocycles. The van der Waals surface area contributed by atoms with E-state index in [9.17, 15) is 13.2 Å². The van der Waals surface area contributed by atoms with Gasteiger partial charge in [0.25, 0.3) is 0 Å². The van der Waals surface area contributed by atoms with E-state index < -0.39 is 10.0 Å². The lowest BCUT2D eigenvalue weighted by Gasteiger charge is -2.33. The molecule has 0 radical (unpaired) electrons. The van der Waals surface area contributed by atoms with E-state index >= 15 is 0 Å². The van der Waals surface area contributed by atoms with E-state index in [1.54, 1.807) is 17.0 Å². The van der Waals surface area contributed by atoms with Gasteiger partial charge in [0, 0.05) is 32.1 Å². The van der Waals surface area contributed by atoms with Crippen molar-refractivity contribution >= 4 is 15.9 Å². The van der Waals surface area contributed by atoms with Crippen molar-refractivity contribution in [2.75, 3.05) is 32.8 Å². The number of carbonyl (C=O) groups is 1. The molecule has 0 unspecified atom stereocenters. The first-order valence-electron chi connectivity index (χ1n) is 9.61. The van der Waals surface area contributed by atoms with Crippen LogP contribution in [0, 0.1) is 5.92 Å². The summed E-state index contributed by atoms with van der Waals surface area (Å²) in [6, 6.07) is 7.09. The molecule has 1 heterocycles. The maximum absolute atomic E-state index is 12.9. The normalized spacial score (nSPS) is 17.1. The molecule has 2 rings (SSSR count). The average molecular weight is 397 g/mol. The summed E-state index contributed by atoms with van der Waals surface area (Å²) in [6.07, 6.45) is 1.03. The molecular weight excluding hydrogens is 364 g/mol.